The van der Waals surface area contributed by atoms with E-state index in [0.29, 0.717) is 17.1 Å². The van der Waals surface area contributed by atoms with Crippen LogP contribution >= 0.6 is 0 Å². The Bertz CT molecular complexity index is 2790. The van der Waals surface area contributed by atoms with Gasteiger partial charge < -0.3 is 14.3 Å². The Hall–Kier alpha value is -5.60. The first-order chi connectivity index (χ1) is 26.5. The summed E-state index contributed by atoms with van der Waals surface area (Å²) in [6.45, 7) is 13.5. The van der Waals surface area contributed by atoms with Crippen molar-refractivity contribution in [2.45, 2.75) is 52.4 Å². The molecule has 1 aliphatic rings. The van der Waals surface area contributed by atoms with Crippen molar-refractivity contribution >= 4 is 50.6 Å². The average Bonchev–Trinajstić information content (AvgIpc) is 3.67. The van der Waals surface area contributed by atoms with Crippen molar-refractivity contribution in [1.82, 2.24) is 14.5 Å². The maximum absolute atomic E-state index is 9.77. The molecule has 0 saturated carbocycles. The fraction of sp³-hybridized carbons (Fsp3) is 0.163. The summed E-state index contributed by atoms with van der Waals surface area (Å²) in [6.07, 6.45) is 3.81. The number of nitrogens with zero attached hydrogens (tertiary/aromatic N) is 4. The summed E-state index contributed by atoms with van der Waals surface area (Å²) in [5, 5.41) is 16.9. The van der Waals surface area contributed by atoms with E-state index in [1.807, 2.05) is 36.7 Å². The molecule has 276 valence electrons. The Kier molecular flexibility index (Phi) is 9.23. The molecule has 0 atom stereocenters. The minimum absolute atomic E-state index is 0. The van der Waals surface area contributed by atoms with E-state index in [4.69, 9.17) is 14.7 Å². The van der Waals surface area contributed by atoms with Crippen molar-refractivity contribution in [2.75, 3.05) is 0 Å². The van der Waals surface area contributed by atoms with Gasteiger partial charge in [-0.25, -0.2) is 4.98 Å². The van der Waals surface area contributed by atoms with E-state index in [9.17, 15) is 5.26 Å². The number of hydrogen-bond donors (Lipinski definition) is 0. The van der Waals surface area contributed by atoms with Crippen LogP contribution in [0.4, 0.5) is 0 Å². The predicted molar refractivity (Wildman–Crippen MR) is 225 cm³/mol. The maximum Gasteiger partial charge on any atom is 2.00 e. The van der Waals surface area contributed by atoms with Crippen molar-refractivity contribution in [2.24, 2.45) is 0 Å². The summed E-state index contributed by atoms with van der Waals surface area (Å²) in [6, 6.07) is 52.1. The van der Waals surface area contributed by atoms with Crippen molar-refractivity contribution in [3.63, 3.8) is 0 Å². The second-order valence-corrected chi connectivity index (χ2v) is 20.1. The third kappa shape index (κ3) is 5.93. The van der Waals surface area contributed by atoms with Gasteiger partial charge in [0.1, 0.15) is 13.9 Å². The molecular weight excluding hydrogens is 884 g/mol. The number of nitriles is 1. The third-order valence-electron chi connectivity index (χ3n) is 10.9. The van der Waals surface area contributed by atoms with Crippen LogP contribution in [-0.2, 0) is 31.9 Å². The fourth-order valence-electron chi connectivity index (χ4n) is 8.38. The molecule has 0 spiro atoms. The molecule has 7 heteroatoms. The Balaban J connectivity index is 0.00000441. The van der Waals surface area contributed by atoms with Crippen molar-refractivity contribution in [1.29, 1.82) is 5.26 Å². The van der Waals surface area contributed by atoms with E-state index in [-0.39, 0.29) is 31.9 Å². The molecule has 3 aromatic heterocycles. The van der Waals surface area contributed by atoms with Gasteiger partial charge in [0, 0.05) is 29.4 Å². The number of rotatable bonds is 5. The van der Waals surface area contributed by atoms with Gasteiger partial charge in [-0.1, -0.05) is 129 Å². The van der Waals surface area contributed by atoms with Crippen LogP contribution in [0.2, 0.25) is 0 Å². The average molecular weight is 924 g/mol. The zero-order valence-corrected chi connectivity index (χ0v) is 35.5. The normalized spacial score (nSPS) is 13.2. The van der Waals surface area contributed by atoms with E-state index in [1.165, 1.54) is 31.9 Å². The predicted octanol–water partition coefficient (Wildman–Crippen LogP) is 8.79. The number of pyridine rings is 2. The zero-order valence-electron chi connectivity index (χ0n) is 32.2. The summed E-state index contributed by atoms with van der Waals surface area (Å²) < 4.78 is 8.82. The molecule has 0 radical (unpaired) electrons. The Morgan fingerprint density at radius 3 is 2.00 bits per heavy atom. The standard InChI is InChI=1S/C49H40N4OSi.Pt/c1-48(2,3)33-23-25-51-45(28-33)53-42-21-17-32(31-50)27-39(42)38-20-18-35(30-43(38)53)54-34-19-22-44-40(29-34)46-47(41(24-26-52-46)49(4,5)6)55(44,36-13-9-7-10-14-36)37-15-11-8-12-16-37;/h7-28H,1-6H3;/q-2;+2. The van der Waals surface area contributed by atoms with Crippen LogP contribution in [-0.4, -0.2) is 22.6 Å². The number of benzene rings is 5. The van der Waals surface area contributed by atoms with Gasteiger partial charge in [-0.15, -0.1) is 40.4 Å². The van der Waals surface area contributed by atoms with Crippen LogP contribution in [0.1, 0.15) is 58.2 Å². The summed E-state index contributed by atoms with van der Waals surface area (Å²) >= 11 is 0. The van der Waals surface area contributed by atoms with E-state index >= 15 is 0 Å². The van der Waals surface area contributed by atoms with Gasteiger partial charge in [-0.05, 0) is 69.4 Å². The van der Waals surface area contributed by atoms with Gasteiger partial charge >= 0.3 is 21.1 Å². The molecule has 8 aromatic rings. The molecule has 1 aliphatic heterocycles. The summed E-state index contributed by atoms with van der Waals surface area (Å²) in [4.78, 5) is 9.95. The maximum atomic E-state index is 9.77. The molecule has 0 unspecified atom stereocenters. The molecule has 0 fully saturated rings. The first-order valence-electron chi connectivity index (χ1n) is 18.7. The van der Waals surface area contributed by atoms with Gasteiger partial charge in [0.15, 0.2) is 0 Å². The first kappa shape index (κ1) is 37.3. The molecule has 0 N–H and O–H groups in total. The summed E-state index contributed by atoms with van der Waals surface area (Å²) in [5.41, 5.74) is 6.64. The minimum atomic E-state index is -2.81. The van der Waals surface area contributed by atoms with Gasteiger partial charge in [-0.3, -0.25) is 0 Å². The van der Waals surface area contributed by atoms with Crippen molar-refractivity contribution < 1.29 is 25.8 Å². The molecule has 56 heavy (non-hydrogen) atoms. The zero-order chi connectivity index (χ0) is 38.1. The molecule has 0 saturated heterocycles. The molecule has 0 bridgehead atoms. The Morgan fingerprint density at radius 1 is 0.679 bits per heavy atom. The Morgan fingerprint density at radius 2 is 1.34 bits per heavy atom. The smallest absolute Gasteiger partial charge is 0.503 e. The fourth-order valence-corrected chi connectivity index (χ4v) is 13.9. The molecule has 0 aliphatic carbocycles. The van der Waals surface area contributed by atoms with E-state index < -0.39 is 8.07 Å². The quantitative estimate of drug-likeness (QED) is 0.128. The number of hydrogen-bond acceptors (Lipinski definition) is 4. The number of aromatic nitrogens is 3. The Labute approximate surface area is 343 Å². The summed E-state index contributed by atoms with van der Waals surface area (Å²) in [7, 11) is -2.81. The van der Waals surface area contributed by atoms with E-state index in [0.717, 1.165) is 38.9 Å². The van der Waals surface area contributed by atoms with E-state index in [2.05, 4.69) is 161 Å². The van der Waals surface area contributed by atoms with Crippen molar-refractivity contribution in [3.8, 4) is 34.6 Å². The second kappa shape index (κ2) is 13.8. The molecule has 9 rings (SSSR count). The molecule has 5 nitrogen and oxygen atoms in total. The first-order valence-corrected chi connectivity index (χ1v) is 20.7. The number of ether oxygens (including phenoxy) is 1. The largest absolute Gasteiger partial charge is 2.00 e. The van der Waals surface area contributed by atoms with Crippen LogP contribution in [0.3, 0.4) is 0 Å². The summed E-state index contributed by atoms with van der Waals surface area (Å²) in [5.74, 6) is 1.94. The SMILES string of the molecule is CC(C)(C)c1ccnc(-n2c3[c-]c(Oc4[c-]c5c(cc4)[Si](c4ccccc4)(c4ccccc4)c4c(C(C)(C)C)ccnc4-5)ccc3c3cc(C#N)ccc32)c1.[Pt+2]. The molecule has 4 heterocycles. The minimum Gasteiger partial charge on any atom is -0.503 e. The van der Waals surface area contributed by atoms with Crippen LogP contribution < -0.4 is 25.5 Å². The van der Waals surface area contributed by atoms with Crippen LogP contribution in [0.25, 0.3) is 38.9 Å². The van der Waals surface area contributed by atoms with Crippen LogP contribution in [0.5, 0.6) is 11.5 Å². The molecule has 0 amide bonds. The van der Waals surface area contributed by atoms with Gasteiger partial charge in [-0.2, -0.15) is 11.3 Å². The van der Waals surface area contributed by atoms with Gasteiger partial charge in [0.05, 0.1) is 11.6 Å². The van der Waals surface area contributed by atoms with Gasteiger partial charge in [0.25, 0.3) is 0 Å². The molecular formula is C49H40N4OPtSi. The molecule has 5 aromatic carbocycles. The van der Waals surface area contributed by atoms with Crippen LogP contribution in [0.15, 0.2) is 134 Å². The van der Waals surface area contributed by atoms with Gasteiger partial charge in [0.2, 0.25) is 0 Å². The number of fused-ring (bicyclic) bond motifs is 6. The van der Waals surface area contributed by atoms with E-state index in [1.54, 1.807) is 0 Å². The van der Waals surface area contributed by atoms with Crippen molar-refractivity contribution in [3.05, 3.63) is 163 Å². The topological polar surface area (TPSA) is 63.7 Å². The van der Waals surface area contributed by atoms with Crippen LogP contribution in [0, 0.1) is 23.5 Å². The second-order valence-electron chi connectivity index (χ2n) is 16.4. The third-order valence-corrected chi connectivity index (χ3v) is 15.8. The monoisotopic (exact) mass is 923 g/mol.